The van der Waals surface area contributed by atoms with Gasteiger partial charge in [0.15, 0.2) is 5.82 Å². The number of hydrogen-bond acceptors (Lipinski definition) is 6. The van der Waals surface area contributed by atoms with Crippen LogP contribution in [-0.4, -0.2) is 57.8 Å². The minimum atomic E-state index is 0.447. The average Bonchev–Trinajstić information content (AvgIpc) is 3.10. The molecule has 2 N–H and O–H groups in total. The Kier molecular flexibility index (Phi) is 3.89. The second-order valence-electron chi connectivity index (χ2n) is 9.06. The Bertz CT molecular complexity index is 819. The van der Waals surface area contributed by atoms with Crippen molar-refractivity contribution in [2.24, 2.45) is 5.41 Å². The summed E-state index contributed by atoms with van der Waals surface area (Å²) in [5.74, 6) is 3.17. The van der Waals surface area contributed by atoms with Crippen molar-refractivity contribution in [3.05, 3.63) is 24.0 Å². The minimum absolute atomic E-state index is 0.447. The number of anilines is 3. The number of H-pyrrole nitrogens is 1. The van der Waals surface area contributed by atoms with Crippen LogP contribution in [0.25, 0.3) is 0 Å². The van der Waals surface area contributed by atoms with E-state index in [4.69, 9.17) is 4.98 Å². The molecule has 0 aromatic carbocycles. The van der Waals surface area contributed by atoms with Crippen LogP contribution in [0.4, 0.5) is 17.6 Å². The second-order valence-corrected chi connectivity index (χ2v) is 9.06. The molecule has 0 radical (unpaired) electrons. The molecule has 0 amide bonds. The Morgan fingerprint density at radius 2 is 2.15 bits per heavy atom. The molecular weight excluding hydrogens is 338 g/mol. The van der Waals surface area contributed by atoms with Gasteiger partial charge in [0, 0.05) is 42.5 Å². The lowest BCUT2D eigenvalue weighted by Gasteiger charge is -2.40. The number of nitrogens with one attached hydrogen (secondary N) is 2. The van der Waals surface area contributed by atoms with Gasteiger partial charge in [0.1, 0.15) is 5.82 Å². The van der Waals surface area contributed by atoms with Gasteiger partial charge in [0.05, 0.1) is 0 Å². The summed E-state index contributed by atoms with van der Waals surface area (Å²) < 4.78 is 0. The fourth-order valence-corrected chi connectivity index (χ4v) is 4.75. The van der Waals surface area contributed by atoms with Gasteiger partial charge in [-0.05, 0) is 64.6 Å². The lowest BCUT2D eigenvalue weighted by molar-refractivity contribution is 0.130. The number of hydrogen-bond donors (Lipinski definition) is 2. The smallest absolute Gasteiger partial charge is 0.227 e. The maximum Gasteiger partial charge on any atom is 0.227 e. The summed E-state index contributed by atoms with van der Waals surface area (Å²) >= 11 is 0. The van der Waals surface area contributed by atoms with Crippen LogP contribution < -0.4 is 10.2 Å². The van der Waals surface area contributed by atoms with Gasteiger partial charge in [-0.1, -0.05) is 0 Å². The predicted molar refractivity (Wildman–Crippen MR) is 106 cm³/mol. The van der Waals surface area contributed by atoms with Gasteiger partial charge in [-0.15, -0.1) is 0 Å². The van der Waals surface area contributed by atoms with Crippen molar-refractivity contribution < 1.29 is 0 Å². The lowest BCUT2D eigenvalue weighted by atomic mass is 9.67. The standard InChI is InChI=1S/C20H29N7/c1-13(26(2)3)9-20-10-15(11-20)27(12-20)19-21-7-6-17(23-19)22-18-8-16(24-25-18)14-4-5-14/h6-8,13-15H,4-5,9-12H2,1-3H3,(H2,21,22,23,24,25). The van der Waals surface area contributed by atoms with Gasteiger partial charge in [0.25, 0.3) is 0 Å². The number of aromatic amines is 1. The van der Waals surface area contributed by atoms with E-state index in [0.717, 1.165) is 24.1 Å². The van der Waals surface area contributed by atoms with Crippen molar-refractivity contribution in [3.8, 4) is 0 Å². The Balaban J connectivity index is 1.27. The first kappa shape index (κ1) is 17.0. The highest BCUT2D eigenvalue weighted by atomic mass is 15.3. The topological polar surface area (TPSA) is 73.0 Å². The zero-order chi connectivity index (χ0) is 18.6. The Morgan fingerprint density at radius 3 is 2.89 bits per heavy atom. The Hall–Kier alpha value is -2.15. The van der Waals surface area contributed by atoms with Crippen molar-refractivity contribution in [3.63, 3.8) is 0 Å². The molecule has 2 aliphatic heterocycles. The van der Waals surface area contributed by atoms with Crippen molar-refractivity contribution in [2.45, 2.75) is 57.0 Å². The predicted octanol–water partition coefficient (Wildman–Crippen LogP) is 3.13. The van der Waals surface area contributed by atoms with E-state index in [-0.39, 0.29) is 0 Å². The van der Waals surface area contributed by atoms with Crippen molar-refractivity contribution in [1.82, 2.24) is 25.1 Å². The van der Waals surface area contributed by atoms with Gasteiger partial charge in [-0.25, -0.2) is 4.98 Å². The zero-order valence-corrected chi connectivity index (χ0v) is 16.4. The molecule has 2 aromatic rings. The summed E-state index contributed by atoms with van der Waals surface area (Å²) in [4.78, 5) is 14.1. The molecule has 1 unspecified atom stereocenters. The maximum atomic E-state index is 4.78. The van der Waals surface area contributed by atoms with Gasteiger partial charge in [-0.2, -0.15) is 10.1 Å². The quantitative estimate of drug-likeness (QED) is 0.783. The van der Waals surface area contributed by atoms with Crippen LogP contribution in [-0.2, 0) is 0 Å². The van der Waals surface area contributed by atoms with E-state index in [1.54, 1.807) is 0 Å². The summed E-state index contributed by atoms with van der Waals surface area (Å²) in [6.07, 6.45) is 8.19. The first-order valence-electron chi connectivity index (χ1n) is 10.1. The molecular formula is C20H29N7. The molecule has 27 heavy (non-hydrogen) atoms. The molecule has 4 aliphatic rings. The van der Waals surface area contributed by atoms with E-state index >= 15 is 0 Å². The largest absolute Gasteiger partial charge is 0.337 e. The van der Waals surface area contributed by atoms with Gasteiger partial charge >= 0.3 is 0 Å². The van der Waals surface area contributed by atoms with Gasteiger partial charge < -0.3 is 15.1 Å². The number of rotatable bonds is 7. The van der Waals surface area contributed by atoms with Crippen LogP contribution in [0.1, 0.15) is 50.6 Å². The molecule has 4 fully saturated rings. The normalized spacial score (nSPS) is 27.7. The van der Waals surface area contributed by atoms with Crippen molar-refractivity contribution in [1.29, 1.82) is 0 Å². The van der Waals surface area contributed by atoms with E-state index in [2.05, 4.69) is 57.4 Å². The molecule has 7 nitrogen and oxygen atoms in total. The minimum Gasteiger partial charge on any atom is -0.337 e. The van der Waals surface area contributed by atoms with Crippen LogP contribution in [0.15, 0.2) is 18.3 Å². The first-order valence-corrected chi connectivity index (χ1v) is 10.1. The highest BCUT2D eigenvalue weighted by molar-refractivity contribution is 5.54. The molecule has 6 rings (SSSR count). The lowest BCUT2D eigenvalue weighted by Crippen LogP contribution is -2.40. The number of aromatic nitrogens is 4. The molecule has 2 aromatic heterocycles. The summed E-state index contributed by atoms with van der Waals surface area (Å²) in [6, 6.07) is 5.23. The highest BCUT2D eigenvalue weighted by Gasteiger charge is 2.56. The van der Waals surface area contributed by atoms with Crippen molar-refractivity contribution >= 4 is 17.6 Å². The maximum absolute atomic E-state index is 4.78. The summed E-state index contributed by atoms with van der Waals surface area (Å²) in [6.45, 7) is 3.40. The number of nitrogens with zero attached hydrogens (tertiary/aromatic N) is 5. The third kappa shape index (κ3) is 3.18. The summed E-state index contributed by atoms with van der Waals surface area (Å²) in [5, 5.41) is 10.8. The van der Waals surface area contributed by atoms with Crippen LogP contribution in [0.2, 0.25) is 0 Å². The average molecular weight is 368 g/mol. The Labute approximate surface area is 160 Å². The van der Waals surface area contributed by atoms with Crippen LogP contribution >= 0.6 is 0 Å². The molecule has 7 heteroatoms. The van der Waals surface area contributed by atoms with E-state index in [0.29, 0.717) is 23.4 Å². The fourth-order valence-electron chi connectivity index (χ4n) is 4.75. The molecule has 0 spiro atoms. The Morgan fingerprint density at radius 1 is 1.33 bits per heavy atom. The van der Waals surface area contributed by atoms with Crippen LogP contribution in [0.5, 0.6) is 0 Å². The van der Waals surface area contributed by atoms with Crippen LogP contribution in [0, 0.1) is 5.41 Å². The van der Waals surface area contributed by atoms with Crippen LogP contribution in [0.3, 0.4) is 0 Å². The van der Waals surface area contributed by atoms with Crippen molar-refractivity contribution in [2.75, 3.05) is 30.9 Å². The molecule has 2 bridgehead atoms. The van der Waals surface area contributed by atoms with E-state index < -0.39 is 0 Å². The molecule has 2 saturated heterocycles. The number of fused-ring (bicyclic) bond motifs is 1. The third-order valence-electron chi connectivity index (χ3n) is 6.66. The zero-order valence-electron chi connectivity index (χ0n) is 16.4. The van der Waals surface area contributed by atoms with Gasteiger partial charge in [-0.3, -0.25) is 5.10 Å². The summed E-state index contributed by atoms with van der Waals surface area (Å²) in [7, 11) is 4.35. The van der Waals surface area contributed by atoms with E-state index in [9.17, 15) is 0 Å². The molecule has 2 aliphatic carbocycles. The molecule has 4 heterocycles. The van der Waals surface area contributed by atoms with E-state index in [1.807, 2.05) is 12.3 Å². The summed E-state index contributed by atoms with van der Waals surface area (Å²) in [5.41, 5.74) is 1.67. The van der Waals surface area contributed by atoms with Gasteiger partial charge in [0.2, 0.25) is 5.95 Å². The fraction of sp³-hybridized carbons (Fsp3) is 0.650. The first-order chi connectivity index (χ1) is 13.0. The third-order valence-corrected chi connectivity index (χ3v) is 6.66. The highest BCUT2D eigenvalue weighted by Crippen LogP contribution is 2.55. The monoisotopic (exact) mass is 367 g/mol. The molecule has 2 saturated carbocycles. The SMILES string of the molecule is CC(CC12CC(C1)N(c1nccc(Nc3cc(C4CC4)[nH]n3)n1)C2)N(C)C. The second kappa shape index (κ2) is 6.19. The molecule has 1 atom stereocenters. The molecule has 144 valence electrons. The van der Waals surface area contributed by atoms with E-state index in [1.165, 1.54) is 37.8 Å².